The minimum Gasteiger partial charge on any atom is -0.448 e. The molecule has 9 nitrogen and oxygen atoms in total. The summed E-state index contributed by atoms with van der Waals surface area (Å²) in [4.78, 5) is 45.8. The third-order valence-electron chi connectivity index (χ3n) is 3.22. The van der Waals surface area contributed by atoms with E-state index in [-0.39, 0.29) is 36.2 Å². The molecule has 0 fully saturated rings. The van der Waals surface area contributed by atoms with Gasteiger partial charge in [0.2, 0.25) is 5.91 Å². The van der Waals surface area contributed by atoms with Crippen LogP contribution >= 0.6 is 0 Å². The van der Waals surface area contributed by atoms with Gasteiger partial charge in [0.05, 0.1) is 0 Å². The summed E-state index contributed by atoms with van der Waals surface area (Å²) in [6, 6.07) is 8.40. The molecular formula is C17H16N4O5. The number of anilines is 1. The van der Waals surface area contributed by atoms with Crippen molar-refractivity contribution in [3.8, 4) is 0 Å². The zero-order chi connectivity index (χ0) is 19.1. The van der Waals surface area contributed by atoms with Gasteiger partial charge in [0, 0.05) is 36.3 Å². The molecule has 2 rings (SSSR count). The van der Waals surface area contributed by atoms with Crippen molar-refractivity contribution in [2.45, 2.75) is 6.42 Å². The van der Waals surface area contributed by atoms with Crippen LogP contribution in [0, 0.1) is 5.41 Å². The zero-order valence-corrected chi connectivity index (χ0v) is 13.6. The van der Waals surface area contributed by atoms with Gasteiger partial charge >= 0.3 is 0 Å². The number of benzene rings is 1. The molecule has 2 aromatic rings. The molecule has 0 aliphatic heterocycles. The van der Waals surface area contributed by atoms with Crippen molar-refractivity contribution in [2.24, 2.45) is 5.73 Å². The molecular weight excluding hydrogens is 340 g/mol. The van der Waals surface area contributed by atoms with Gasteiger partial charge in [-0.3, -0.25) is 24.6 Å². The number of hydrogen-bond donors (Lipinski definition) is 4. The number of nitrogen functional groups attached to an aromatic ring is 1. The lowest BCUT2D eigenvalue weighted by Crippen LogP contribution is -2.28. The highest BCUT2D eigenvalue weighted by atomic mass is 16.4. The Bertz CT molecular complexity index is 919. The molecule has 0 unspecified atom stereocenters. The summed E-state index contributed by atoms with van der Waals surface area (Å²) in [5, 5.41) is 12.4. The average molecular weight is 356 g/mol. The first-order valence-electron chi connectivity index (χ1n) is 7.52. The van der Waals surface area contributed by atoms with E-state index in [0.717, 1.165) is 12.1 Å². The predicted molar refractivity (Wildman–Crippen MR) is 93.4 cm³/mol. The Labute approximate surface area is 147 Å². The monoisotopic (exact) mass is 356 g/mol. The van der Waals surface area contributed by atoms with Gasteiger partial charge in [0.1, 0.15) is 5.84 Å². The quantitative estimate of drug-likeness (QED) is 0.321. The lowest BCUT2D eigenvalue weighted by atomic mass is 10.2. The molecule has 1 aromatic carbocycles. The highest BCUT2D eigenvalue weighted by Crippen LogP contribution is 2.10. The smallest absolute Gasteiger partial charge is 0.287 e. The van der Waals surface area contributed by atoms with Crippen molar-refractivity contribution < 1.29 is 18.8 Å². The minimum atomic E-state index is -0.711. The molecule has 1 heterocycles. The normalized spacial score (nSPS) is 10.0. The van der Waals surface area contributed by atoms with E-state index in [1.54, 1.807) is 24.3 Å². The predicted octanol–water partition coefficient (Wildman–Crippen LogP) is 0.495. The fourth-order valence-electron chi connectivity index (χ4n) is 2.03. The molecule has 0 aliphatic carbocycles. The van der Waals surface area contributed by atoms with E-state index < -0.39 is 11.3 Å². The van der Waals surface area contributed by atoms with Crippen LogP contribution in [-0.4, -0.2) is 30.5 Å². The highest BCUT2D eigenvalue weighted by molar-refractivity contribution is 5.98. The summed E-state index contributed by atoms with van der Waals surface area (Å²) in [6.45, 7) is -0.00784. The van der Waals surface area contributed by atoms with Gasteiger partial charge in [-0.15, -0.1) is 0 Å². The number of nitrogens with one attached hydrogen (secondary N) is 3. The molecule has 0 spiro atoms. The number of nitrogens with two attached hydrogens (primary N) is 1. The van der Waals surface area contributed by atoms with Crippen molar-refractivity contribution in [2.75, 3.05) is 11.9 Å². The van der Waals surface area contributed by atoms with E-state index in [4.69, 9.17) is 15.6 Å². The van der Waals surface area contributed by atoms with Crippen LogP contribution in [-0.2, 0) is 4.79 Å². The Morgan fingerprint density at radius 2 is 2.00 bits per heavy atom. The van der Waals surface area contributed by atoms with Crippen molar-refractivity contribution in [3.05, 3.63) is 63.7 Å². The van der Waals surface area contributed by atoms with Crippen LogP contribution in [0.4, 0.5) is 5.69 Å². The number of hydrogen-bond acceptors (Lipinski definition) is 6. The molecule has 0 bridgehead atoms. The Kier molecular flexibility index (Phi) is 5.99. The first-order valence-corrected chi connectivity index (χ1v) is 7.52. The molecule has 0 saturated carbocycles. The Balaban J connectivity index is 1.88. The third kappa shape index (κ3) is 5.13. The third-order valence-corrected chi connectivity index (χ3v) is 3.22. The van der Waals surface area contributed by atoms with Crippen LogP contribution < -0.4 is 21.8 Å². The molecule has 0 aliphatic rings. The molecule has 5 N–H and O–H groups in total. The van der Waals surface area contributed by atoms with E-state index in [9.17, 15) is 19.2 Å². The van der Waals surface area contributed by atoms with Gasteiger partial charge in [-0.25, -0.2) is 0 Å². The highest BCUT2D eigenvalue weighted by Gasteiger charge is 2.12. The summed E-state index contributed by atoms with van der Waals surface area (Å²) in [5.74, 6) is -1.77. The molecule has 2 amide bonds. The van der Waals surface area contributed by atoms with Gasteiger partial charge in [0.15, 0.2) is 23.2 Å². The SMILES string of the molecule is N=C(N)c1cccc(NC(=O)CCNC(=O)c2cc(=O)cc(C=O)o2)c1. The van der Waals surface area contributed by atoms with Gasteiger partial charge < -0.3 is 20.8 Å². The van der Waals surface area contributed by atoms with Crippen molar-refractivity contribution in [3.63, 3.8) is 0 Å². The zero-order valence-electron chi connectivity index (χ0n) is 13.6. The summed E-state index contributed by atoms with van der Waals surface area (Å²) in [6.07, 6.45) is 0.286. The Morgan fingerprint density at radius 3 is 2.69 bits per heavy atom. The number of carbonyl (C=O) groups is 3. The van der Waals surface area contributed by atoms with Crippen LogP contribution in [0.15, 0.2) is 45.6 Å². The molecule has 0 radical (unpaired) electrons. The summed E-state index contributed by atoms with van der Waals surface area (Å²) in [5.41, 5.74) is 5.79. The minimum absolute atomic E-state index is 0.00784. The topological polar surface area (TPSA) is 155 Å². The second-order valence-corrected chi connectivity index (χ2v) is 5.23. The standard InChI is InChI=1S/C17H16N4O5/c18-16(19)10-2-1-3-11(6-10)21-15(24)4-5-20-17(25)14-8-12(23)7-13(9-22)26-14/h1-3,6-9H,4-5H2,(H3,18,19)(H,20,25)(H,21,24). The fraction of sp³-hybridized carbons (Fsp3) is 0.118. The van der Waals surface area contributed by atoms with Crippen molar-refractivity contribution >= 4 is 29.6 Å². The summed E-state index contributed by atoms with van der Waals surface area (Å²) >= 11 is 0. The lowest BCUT2D eigenvalue weighted by Gasteiger charge is -2.08. The van der Waals surface area contributed by atoms with Crippen LogP contribution in [0.3, 0.4) is 0 Å². The number of amidine groups is 1. The van der Waals surface area contributed by atoms with Gasteiger partial charge in [0.25, 0.3) is 5.91 Å². The van der Waals surface area contributed by atoms with Crippen molar-refractivity contribution in [1.82, 2.24) is 5.32 Å². The average Bonchev–Trinajstić information content (AvgIpc) is 2.61. The van der Waals surface area contributed by atoms with E-state index in [1.165, 1.54) is 0 Å². The van der Waals surface area contributed by atoms with Crippen molar-refractivity contribution in [1.29, 1.82) is 5.41 Å². The Hall–Kier alpha value is -3.75. The van der Waals surface area contributed by atoms with Crippen LogP contribution in [0.1, 0.15) is 33.1 Å². The molecule has 134 valence electrons. The maximum atomic E-state index is 11.9. The summed E-state index contributed by atoms with van der Waals surface area (Å²) in [7, 11) is 0. The molecule has 26 heavy (non-hydrogen) atoms. The largest absolute Gasteiger partial charge is 0.448 e. The van der Waals surface area contributed by atoms with Crippen LogP contribution in [0.5, 0.6) is 0 Å². The molecule has 0 saturated heterocycles. The van der Waals surface area contributed by atoms with E-state index in [2.05, 4.69) is 10.6 Å². The first kappa shape index (κ1) is 18.6. The second kappa shape index (κ2) is 8.38. The van der Waals surface area contributed by atoms with Gasteiger partial charge in [-0.1, -0.05) is 12.1 Å². The number of carbonyl (C=O) groups excluding carboxylic acids is 3. The fourth-order valence-corrected chi connectivity index (χ4v) is 2.03. The number of amides is 2. The molecule has 1 aromatic heterocycles. The van der Waals surface area contributed by atoms with Gasteiger partial charge in [-0.05, 0) is 12.1 Å². The lowest BCUT2D eigenvalue weighted by molar-refractivity contribution is -0.116. The maximum absolute atomic E-state index is 11.9. The maximum Gasteiger partial charge on any atom is 0.287 e. The molecule has 0 atom stereocenters. The van der Waals surface area contributed by atoms with Gasteiger partial charge in [-0.2, -0.15) is 0 Å². The summed E-state index contributed by atoms with van der Waals surface area (Å²) < 4.78 is 4.95. The van der Waals surface area contributed by atoms with E-state index in [1.807, 2.05) is 0 Å². The molecule has 9 heteroatoms. The number of aldehydes is 1. The van der Waals surface area contributed by atoms with E-state index in [0.29, 0.717) is 17.5 Å². The number of rotatable bonds is 7. The van der Waals surface area contributed by atoms with Crippen LogP contribution in [0.25, 0.3) is 0 Å². The van der Waals surface area contributed by atoms with Crippen LogP contribution in [0.2, 0.25) is 0 Å². The Morgan fingerprint density at radius 1 is 1.23 bits per heavy atom. The van der Waals surface area contributed by atoms with E-state index >= 15 is 0 Å². The second-order valence-electron chi connectivity index (χ2n) is 5.23. The first-order chi connectivity index (χ1) is 12.4.